The standard InChI is InChI=1S/C19H22N2O3S2/c1-25-18-10-7-16(8-11-18)9-12-19(22)20-13-14-26(23,24)21-15-17-5-3-2-4-6-17/h2-12,21H,13-15H2,1H3,(H,20,22). The van der Waals surface area contributed by atoms with Crippen LogP contribution in [-0.4, -0.2) is 32.9 Å². The molecular formula is C19H22N2O3S2. The summed E-state index contributed by atoms with van der Waals surface area (Å²) in [5.41, 5.74) is 1.80. The van der Waals surface area contributed by atoms with Crippen molar-refractivity contribution in [3.63, 3.8) is 0 Å². The lowest BCUT2D eigenvalue weighted by Crippen LogP contribution is -2.33. The molecule has 0 fully saturated rings. The van der Waals surface area contributed by atoms with Crippen molar-refractivity contribution in [1.82, 2.24) is 10.0 Å². The van der Waals surface area contributed by atoms with E-state index >= 15 is 0 Å². The van der Waals surface area contributed by atoms with Crippen molar-refractivity contribution in [3.05, 3.63) is 71.8 Å². The van der Waals surface area contributed by atoms with Crippen LogP contribution in [0.1, 0.15) is 11.1 Å². The van der Waals surface area contributed by atoms with Gasteiger partial charge in [0.2, 0.25) is 15.9 Å². The average molecular weight is 391 g/mol. The molecule has 26 heavy (non-hydrogen) atoms. The lowest BCUT2D eigenvalue weighted by atomic mass is 10.2. The zero-order valence-electron chi connectivity index (χ0n) is 14.5. The Kier molecular flexibility index (Phi) is 7.90. The van der Waals surface area contributed by atoms with Gasteiger partial charge in [-0.1, -0.05) is 42.5 Å². The Morgan fingerprint density at radius 3 is 2.42 bits per heavy atom. The second-order valence-electron chi connectivity index (χ2n) is 5.52. The van der Waals surface area contributed by atoms with E-state index < -0.39 is 10.0 Å². The van der Waals surface area contributed by atoms with Gasteiger partial charge in [-0.05, 0) is 35.6 Å². The number of benzene rings is 2. The zero-order valence-corrected chi connectivity index (χ0v) is 16.1. The Hall–Kier alpha value is -2.09. The van der Waals surface area contributed by atoms with Crippen molar-refractivity contribution in [2.75, 3.05) is 18.6 Å². The van der Waals surface area contributed by atoms with Crippen molar-refractivity contribution in [2.45, 2.75) is 11.4 Å². The van der Waals surface area contributed by atoms with Crippen LogP contribution in [0.25, 0.3) is 6.08 Å². The number of hydrogen-bond donors (Lipinski definition) is 2. The molecule has 2 rings (SSSR count). The summed E-state index contributed by atoms with van der Waals surface area (Å²) < 4.78 is 26.4. The number of carbonyl (C=O) groups is 1. The second kappa shape index (κ2) is 10.2. The first kappa shape index (κ1) is 20.2. The number of carbonyl (C=O) groups excluding carboxylic acids is 1. The van der Waals surface area contributed by atoms with Crippen LogP contribution >= 0.6 is 11.8 Å². The molecule has 0 atom stereocenters. The first-order valence-electron chi connectivity index (χ1n) is 8.10. The quantitative estimate of drug-likeness (QED) is 0.510. The van der Waals surface area contributed by atoms with Gasteiger partial charge in [0, 0.05) is 24.1 Å². The van der Waals surface area contributed by atoms with E-state index in [9.17, 15) is 13.2 Å². The lowest BCUT2D eigenvalue weighted by Gasteiger charge is -2.07. The van der Waals surface area contributed by atoms with E-state index in [1.54, 1.807) is 17.8 Å². The fourth-order valence-corrected chi connectivity index (χ4v) is 3.43. The predicted molar refractivity (Wildman–Crippen MR) is 107 cm³/mol. The van der Waals surface area contributed by atoms with Gasteiger partial charge in [-0.25, -0.2) is 13.1 Å². The minimum absolute atomic E-state index is 0.0543. The number of rotatable bonds is 9. The molecule has 0 saturated heterocycles. The van der Waals surface area contributed by atoms with E-state index in [2.05, 4.69) is 10.0 Å². The monoisotopic (exact) mass is 390 g/mol. The Morgan fingerprint density at radius 2 is 1.77 bits per heavy atom. The summed E-state index contributed by atoms with van der Waals surface area (Å²) in [6.45, 7) is 0.293. The largest absolute Gasteiger partial charge is 0.351 e. The van der Waals surface area contributed by atoms with Crippen LogP contribution in [0.5, 0.6) is 0 Å². The van der Waals surface area contributed by atoms with Gasteiger partial charge in [0.15, 0.2) is 0 Å². The average Bonchev–Trinajstić information content (AvgIpc) is 2.66. The maximum Gasteiger partial charge on any atom is 0.244 e. The Balaban J connectivity index is 1.73. The van der Waals surface area contributed by atoms with Crippen molar-refractivity contribution in [3.8, 4) is 0 Å². The molecule has 0 aromatic heterocycles. The summed E-state index contributed by atoms with van der Waals surface area (Å²) in [4.78, 5) is 12.9. The molecular weight excluding hydrogens is 368 g/mol. The minimum Gasteiger partial charge on any atom is -0.351 e. The summed E-state index contributed by atoms with van der Waals surface area (Å²) in [5.74, 6) is -0.487. The normalized spacial score (nSPS) is 11.6. The van der Waals surface area contributed by atoms with E-state index in [1.165, 1.54) is 6.08 Å². The van der Waals surface area contributed by atoms with Crippen molar-refractivity contribution >= 4 is 33.8 Å². The third-order valence-corrected chi connectivity index (χ3v) is 5.62. The molecule has 138 valence electrons. The van der Waals surface area contributed by atoms with Crippen LogP contribution in [0.2, 0.25) is 0 Å². The molecule has 2 aromatic rings. The highest BCUT2D eigenvalue weighted by Gasteiger charge is 2.10. The van der Waals surface area contributed by atoms with Crippen LogP contribution < -0.4 is 10.0 Å². The van der Waals surface area contributed by atoms with Gasteiger partial charge in [-0.3, -0.25) is 4.79 Å². The van der Waals surface area contributed by atoms with Crippen LogP contribution in [0.3, 0.4) is 0 Å². The van der Waals surface area contributed by atoms with Crippen molar-refractivity contribution in [2.24, 2.45) is 0 Å². The number of nitrogens with one attached hydrogen (secondary N) is 2. The van der Waals surface area contributed by atoms with Gasteiger partial charge in [-0.15, -0.1) is 11.8 Å². The van der Waals surface area contributed by atoms with E-state index in [1.807, 2.05) is 60.9 Å². The second-order valence-corrected chi connectivity index (χ2v) is 8.33. The molecule has 2 aromatic carbocycles. The van der Waals surface area contributed by atoms with Gasteiger partial charge < -0.3 is 5.32 Å². The van der Waals surface area contributed by atoms with Crippen LogP contribution in [-0.2, 0) is 21.4 Å². The van der Waals surface area contributed by atoms with Crippen LogP contribution in [0.15, 0.2) is 65.6 Å². The number of amides is 1. The van der Waals surface area contributed by atoms with E-state index in [0.29, 0.717) is 0 Å². The van der Waals surface area contributed by atoms with E-state index in [4.69, 9.17) is 0 Å². The van der Waals surface area contributed by atoms with E-state index in [-0.39, 0.29) is 24.7 Å². The fraction of sp³-hybridized carbons (Fsp3) is 0.211. The molecule has 0 unspecified atom stereocenters. The Bertz CT molecular complexity index is 833. The molecule has 7 heteroatoms. The third kappa shape index (κ3) is 7.43. The van der Waals surface area contributed by atoms with Gasteiger partial charge >= 0.3 is 0 Å². The van der Waals surface area contributed by atoms with Gasteiger partial charge in [0.25, 0.3) is 0 Å². The molecule has 0 spiro atoms. The van der Waals surface area contributed by atoms with Crippen molar-refractivity contribution in [1.29, 1.82) is 0 Å². The predicted octanol–water partition coefficient (Wildman–Crippen LogP) is 2.66. The molecule has 0 aliphatic heterocycles. The highest BCUT2D eigenvalue weighted by atomic mass is 32.2. The first-order valence-corrected chi connectivity index (χ1v) is 11.0. The van der Waals surface area contributed by atoms with Gasteiger partial charge in [0.05, 0.1) is 5.75 Å². The van der Waals surface area contributed by atoms with Crippen molar-refractivity contribution < 1.29 is 13.2 Å². The maximum absolute atomic E-state index is 11.9. The Morgan fingerprint density at radius 1 is 1.08 bits per heavy atom. The highest BCUT2D eigenvalue weighted by Crippen LogP contribution is 2.15. The number of hydrogen-bond acceptors (Lipinski definition) is 4. The van der Waals surface area contributed by atoms with Crippen LogP contribution in [0.4, 0.5) is 0 Å². The molecule has 0 radical (unpaired) electrons. The number of sulfonamides is 1. The third-order valence-electron chi connectivity index (χ3n) is 3.55. The topological polar surface area (TPSA) is 75.3 Å². The maximum atomic E-state index is 11.9. The van der Waals surface area contributed by atoms with E-state index in [0.717, 1.165) is 16.0 Å². The summed E-state index contributed by atoms with van der Waals surface area (Å²) in [6, 6.07) is 17.1. The Labute approximate surface area is 158 Å². The lowest BCUT2D eigenvalue weighted by molar-refractivity contribution is -0.116. The zero-order chi connectivity index (χ0) is 18.8. The molecule has 0 aliphatic carbocycles. The molecule has 1 amide bonds. The van der Waals surface area contributed by atoms with Gasteiger partial charge in [0.1, 0.15) is 0 Å². The smallest absolute Gasteiger partial charge is 0.244 e. The summed E-state index contributed by atoms with van der Waals surface area (Å²) >= 11 is 1.65. The molecule has 0 bridgehead atoms. The highest BCUT2D eigenvalue weighted by molar-refractivity contribution is 7.98. The SMILES string of the molecule is CSc1ccc(C=CC(=O)NCCS(=O)(=O)NCc2ccccc2)cc1. The fourth-order valence-electron chi connectivity index (χ4n) is 2.12. The summed E-state index contributed by atoms with van der Waals surface area (Å²) in [5, 5.41) is 2.58. The molecule has 5 nitrogen and oxygen atoms in total. The minimum atomic E-state index is -3.44. The molecule has 0 heterocycles. The molecule has 0 aliphatic rings. The first-order chi connectivity index (χ1) is 12.5. The molecule has 2 N–H and O–H groups in total. The summed E-state index contributed by atoms with van der Waals surface area (Å²) in [7, 11) is -3.44. The number of thioether (sulfide) groups is 1. The van der Waals surface area contributed by atoms with Gasteiger partial charge in [-0.2, -0.15) is 0 Å². The summed E-state index contributed by atoms with van der Waals surface area (Å²) in [6.07, 6.45) is 5.10. The van der Waals surface area contributed by atoms with Crippen LogP contribution in [0, 0.1) is 0 Å². The molecule has 0 saturated carbocycles.